The molecular formula is C18H17ClN2O2. The van der Waals surface area contributed by atoms with E-state index in [2.05, 4.69) is 10.3 Å². The van der Waals surface area contributed by atoms with E-state index in [1.54, 1.807) is 31.4 Å². The lowest BCUT2D eigenvalue weighted by Gasteiger charge is -2.06. The molecule has 4 nitrogen and oxygen atoms in total. The van der Waals surface area contributed by atoms with Gasteiger partial charge in [0.05, 0.1) is 7.11 Å². The number of methoxy groups -OCH3 is 1. The molecule has 0 saturated carbocycles. The lowest BCUT2D eigenvalue weighted by molar-refractivity contribution is 0.0954. The van der Waals surface area contributed by atoms with Gasteiger partial charge >= 0.3 is 0 Å². The van der Waals surface area contributed by atoms with Crippen molar-refractivity contribution in [3.8, 4) is 5.75 Å². The number of aromatic nitrogens is 1. The van der Waals surface area contributed by atoms with Gasteiger partial charge in [0, 0.05) is 34.2 Å². The molecule has 3 rings (SSSR count). The van der Waals surface area contributed by atoms with Crippen molar-refractivity contribution in [2.45, 2.75) is 6.42 Å². The Morgan fingerprint density at radius 2 is 2.00 bits per heavy atom. The second kappa shape index (κ2) is 6.75. The van der Waals surface area contributed by atoms with Crippen molar-refractivity contribution in [2.75, 3.05) is 13.7 Å². The fraction of sp³-hybridized carbons (Fsp3) is 0.167. The van der Waals surface area contributed by atoms with Crippen molar-refractivity contribution in [1.82, 2.24) is 10.3 Å². The second-order valence-corrected chi connectivity index (χ2v) is 5.67. The summed E-state index contributed by atoms with van der Waals surface area (Å²) in [5.41, 5.74) is 2.80. The fourth-order valence-corrected chi connectivity index (χ4v) is 2.68. The highest BCUT2D eigenvalue weighted by molar-refractivity contribution is 6.31. The smallest absolute Gasteiger partial charge is 0.251 e. The van der Waals surface area contributed by atoms with Gasteiger partial charge in [0.1, 0.15) is 5.75 Å². The van der Waals surface area contributed by atoms with Crippen molar-refractivity contribution in [3.63, 3.8) is 0 Å². The predicted octanol–water partition coefficient (Wildman–Crippen LogP) is 3.80. The molecule has 0 aliphatic carbocycles. The molecule has 0 bridgehead atoms. The minimum absolute atomic E-state index is 0.0921. The number of nitrogens with one attached hydrogen (secondary N) is 2. The van der Waals surface area contributed by atoms with Crippen LogP contribution >= 0.6 is 11.6 Å². The van der Waals surface area contributed by atoms with Crippen molar-refractivity contribution >= 4 is 28.4 Å². The summed E-state index contributed by atoms with van der Waals surface area (Å²) in [6.45, 7) is 0.560. The summed E-state index contributed by atoms with van der Waals surface area (Å²) in [5, 5.41) is 4.73. The van der Waals surface area contributed by atoms with Gasteiger partial charge in [-0.15, -0.1) is 0 Å². The van der Waals surface area contributed by atoms with E-state index in [0.29, 0.717) is 17.1 Å². The SMILES string of the molecule is COc1ccc(C(=O)NCCc2c[nH]c3ccc(Cl)cc23)cc1. The Labute approximate surface area is 139 Å². The Kier molecular flexibility index (Phi) is 4.53. The van der Waals surface area contributed by atoms with Crippen LogP contribution in [0.5, 0.6) is 5.75 Å². The minimum atomic E-state index is -0.0921. The van der Waals surface area contributed by atoms with Crippen LogP contribution in [0.3, 0.4) is 0 Å². The first-order valence-corrected chi connectivity index (χ1v) is 7.73. The Balaban J connectivity index is 1.61. The molecule has 0 aliphatic heterocycles. The molecule has 0 saturated heterocycles. The van der Waals surface area contributed by atoms with Gasteiger partial charge in [0.25, 0.3) is 5.91 Å². The highest BCUT2D eigenvalue weighted by Crippen LogP contribution is 2.22. The maximum Gasteiger partial charge on any atom is 0.251 e. The van der Waals surface area contributed by atoms with E-state index < -0.39 is 0 Å². The number of H-pyrrole nitrogens is 1. The van der Waals surface area contributed by atoms with E-state index in [4.69, 9.17) is 16.3 Å². The number of carbonyl (C=O) groups is 1. The molecule has 0 unspecified atom stereocenters. The first-order valence-electron chi connectivity index (χ1n) is 7.35. The number of ether oxygens (including phenoxy) is 1. The van der Waals surface area contributed by atoms with Crippen LogP contribution in [0.2, 0.25) is 5.02 Å². The number of amides is 1. The zero-order valence-electron chi connectivity index (χ0n) is 12.7. The Morgan fingerprint density at radius 1 is 1.22 bits per heavy atom. The largest absolute Gasteiger partial charge is 0.497 e. The zero-order chi connectivity index (χ0) is 16.2. The molecule has 0 aliphatic rings. The summed E-state index contributed by atoms with van der Waals surface area (Å²) < 4.78 is 5.08. The van der Waals surface area contributed by atoms with E-state index >= 15 is 0 Å². The lowest BCUT2D eigenvalue weighted by Crippen LogP contribution is -2.25. The monoisotopic (exact) mass is 328 g/mol. The lowest BCUT2D eigenvalue weighted by atomic mass is 10.1. The van der Waals surface area contributed by atoms with Crippen LogP contribution in [0.15, 0.2) is 48.7 Å². The molecule has 0 fully saturated rings. The molecule has 1 heterocycles. The summed E-state index contributed by atoms with van der Waals surface area (Å²) in [7, 11) is 1.60. The van der Waals surface area contributed by atoms with Crippen molar-refractivity contribution in [2.24, 2.45) is 0 Å². The Morgan fingerprint density at radius 3 is 2.74 bits per heavy atom. The van der Waals surface area contributed by atoms with Gasteiger partial charge in [-0.3, -0.25) is 4.79 Å². The molecule has 0 spiro atoms. The highest BCUT2D eigenvalue weighted by Gasteiger charge is 2.07. The first-order chi connectivity index (χ1) is 11.2. The molecule has 5 heteroatoms. The molecule has 2 N–H and O–H groups in total. The number of rotatable bonds is 5. The number of hydrogen-bond acceptors (Lipinski definition) is 2. The fourth-order valence-electron chi connectivity index (χ4n) is 2.51. The van der Waals surface area contributed by atoms with Gasteiger partial charge in [0.15, 0.2) is 0 Å². The molecular weight excluding hydrogens is 312 g/mol. The summed E-state index contributed by atoms with van der Waals surface area (Å²) in [5.74, 6) is 0.641. The van der Waals surface area contributed by atoms with Gasteiger partial charge < -0.3 is 15.0 Å². The van der Waals surface area contributed by atoms with Gasteiger partial charge in [-0.05, 0) is 54.4 Å². The van der Waals surface area contributed by atoms with Crippen LogP contribution in [0.1, 0.15) is 15.9 Å². The first kappa shape index (κ1) is 15.4. The second-order valence-electron chi connectivity index (χ2n) is 5.24. The van der Waals surface area contributed by atoms with E-state index in [1.165, 1.54) is 0 Å². The van der Waals surface area contributed by atoms with Crippen LogP contribution in [0, 0.1) is 0 Å². The Bertz CT molecular complexity index is 825. The van der Waals surface area contributed by atoms with E-state index in [0.717, 1.165) is 28.6 Å². The highest BCUT2D eigenvalue weighted by atomic mass is 35.5. The molecule has 23 heavy (non-hydrogen) atoms. The third-order valence-corrected chi connectivity index (χ3v) is 4.00. The van der Waals surface area contributed by atoms with Crippen molar-refractivity contribution < 1.29 is 9.53 Å². The summed E-state index contributed by atoms with van der Waals surface area (Å²) in [4.78, 5) is 15.3. The average molecular weight is 329 g/mol. The van der Waals surface area contributed by atoms with Crippen molar-refractivity contribution in [3.05, 3.63) is 64.8 Å². The molecule has 0 radical (unpaired) electrons. The quantitative estimate of drug-likeness (QED) is 0.748. The van der Waals surface area contributed by atoms with Crippen LogP contribution in [-0.4, -0.2) is 24.5 Å². The van der Waals surface area contributed by atoms with E-state index in [9.17, 15) is 4.79 Å². The van der Waals surface area contributed by atoms with Crippen LogP contribution in [0.25, 0.3) is 10.9 Å². The summed E-state index contributed by atoms with van der Waals surface area (Å²) >= 11 is 6.04. The van der Waals surface area contributed by atoms with Crippen LogP contribution < -0.4 is 10.1 Å². The van der Waals surface area contributed by atoms with Gasteiger partial charge in [-0.1, -0.05) is 11.6 Å². The van der Waals surface area contributed by atoms with Crippen LogP contribution in [-0.2, 0) is 6.42 Å². The zero-order valence-corrected chi connectivity index (χ0v) is 13.5. The molecule has 1 amide bonds. The number of hydrogen-bond donors (Lipinski definition) is 2. The van der Waals surface area contributed by atoms with Gasteiger partial charge in [-0.2, -0.15) is 0 Å². The van der Waals surface area contributed by atoms with E-state index in [1.807, 2.05) is 24.4 Å². The Hall–Kier alpha value is -2.46. The third kappa shape index (κ3) is 3.48. The molecule has 118 valence electrons. The summed E-state index contributed by atoms with van der Waals surface area (Å²) in [6, 6.07) is 12.8. The van der Waals surface area contributed by atoms with Gasteiger partial charge in [0.2, 0.25) is 0 Å². The maximum absolute atomic E-state index is 12.1. The number of fused-ring (bicyclic) bond motifs is 1. The number of halogens is 1. The topological polar surface area (TPSA) is 54.1 Å². The minimum Gasteiger partial charge on any atom is -0.497 e. The average Bonchev–Trinajstić information content (AvgIpc) is 2.97. The molecule has 0 atom stereocenters. The predicted molar refractivity (Wildman–Crippen MR) is 92.3 cm³/mol. The van der Waals surface area contributed by atoms with Gasteiger partial charge in [-0.25, -0.2) is 0 Å². The normalized spacial score (nSPS) is 10.7. The van der Waals surface area contributed by atoms with E-state index in [-0.39, 0.29) is 5.91 Å². The molecule has 1 aromatic heterocycles. The number of benzene rings is 2. The number of carbonyl (C=O) groups excluding carboxylic acids is 1. The summed E-state index contributed by atoms with van der Waals surface area (Å²) in [6.07, 6.45) is 2.70. The molecule has 3 aromatic rings. The third-order valence-electron chi connectivity index (χ3n) is 3.76. The maximum atomic E-state index is 12.1. The van der Waals surface area contributed by atoms with Crippen molar-refractivity contribution in [1.29, 1.82) is 0 Å². The van der Waals surface area contributed by atoms with Crippen LogP contribution in [0.4, 0.5) is 0 Å². The molecule has 2 aromatic carbocycles. The standard InChI is InChI=1S/C18H17ClN2O2/c1-23-15-5-2-12(3-6-15)18(22)20-9-8-13-11-21-17-7-4-14(19)10-16(13)17/h2-7,10-11,21H,8-9H2,1H3,(H,20,22). The number of aromatic amines is 1.